The molecule has 0 atom stereocenters. The molecular formula is C13H17N3S. The fourth-order valence-corrected chi connectivity index (χ4v) is 2.67. The first-order valence-electron chi connectivity index (χ1n) is 5.65. The molecule has 2 N–H and O–H groups in total. The van der Waals surface area contributed by atoms with Crippen LogP contribution in [0.4, 0.5) is 5.13 Å². The van der Waals surface area contributed by atoms with E-state index in [0.717, 1.165) is 17.2 Å². The lowest BCUT2D eigenvalue weighted by molar-refractivity contribution is 0.985. The number of aromatic nitrogens is 1. The third kappa shape index (κ3) is 2.65. The highest BCUT2D eigenvalue weighted by Crippen LogP contribution is 2.32. The quantitative estimate of drug-likeness (QED) is 0.902. The van der Waals surface area contributed by atoms with Crippen molar-refractivity contribution in [2.24, 2.45) is 5.73 Å². The molecule has 3 nitrogen and oxygen atoms in total. The van der Waals surface area contributed by atoms with Crippen LogP contribution in [-0.2, 0) is 6.42 Å². The fraction of sp³-hybridized carbons (Fsp3) is 0.308. The third-order valence-corrected chi connectivity index (χ3v) is 3.77. The minimum absolute atomic E-state index is 0.662. The highest BCUT2D eigenvalue weighted by molar-refractivity contribution is 7.16. The predicted octanol–water partition coefficient (Wildman–Crippen LogP) is 2.38. The van der Waals surface area contributed by atoms with Crippen LogP contribution in [0.25, 0.3) is 11.3 Å². The number of nitrogens with two attached hydrogens (primary N) is 1. The minimum atomic E-state index is 0.662. The maximum Gasteiger partial charge on any atom is 0.185 e. The first-order chi connectivity index (χ1) is 8.22. The maximum atomic E-state index is 5.66. The molecule has 0 aliphatic carbocycles. The minimum Gasteiger partial charge on any atom is -0.354 e. The number of nitrogens with zero attached hydrogens (tertiary/aromatic N) is 2. The first-order valence-corrected chi connectivity index (χ1v) is 6.46. The molecule has 0 fully saturated rings. The Kier molecular flexibility index (Phi) is 3.76. The lowest BCUT2D eigenvalue weighted by atomic mass is 10.1. The van der Waals surface area contributed by atoms with Crippen molar-refractivity contribution in [3.05, 3.63) is 35.2 Å². The van der Waals surface area contributed by atoms with Crippen LogP contribution in [0.2, 0.25) is 0 Å². The Hall–Kier alpha value is -1.39. The maximum absolute atomic E-state index is 5.66. The molecular weight excluding hydrogens is 230 g/mol. The molecule has 0 saturated heterocycles. The van der Waals surface area contributed by atoms with E-state index in [0.29, 0.717) is 6.54 Å². The van der Waals surface area contributed by atoms with Crippen molar-refractivity contribution in [1.29, 1.82) is 0 Å². The van der Waals surface area contributed by atoms with E-state index >= 15 is 0 Å². The first kappa shape index (κ1) is 12.1. The van der Waals surface area contributed by atoms with E-state index in [2.05, 4.69) is 17.1 Å². The van der Waals surface area contributed by atoms with Crippen molar-refractivity contribution < 1.29 is 0 Å². The summed E-state index contributed by atoms with van der Waals surface area (Å²) in [6, 6.07) is 10.3. The summed E-state index contributed by atoms with van der Waals surface area (Å²) < 4.78 is 0. The SMILES string of the molecule is CN(C)c1nc(-c2ccccc2)c(CCN)s1. The van der Waals surface area contributed by atoms with Gasteiger partial charge in [0.25, 0.3) is 0 Å². The summed E-state index contributed by atoms with van der Waals surface area (Å²) in [7, 11) is 4.03. The lowest BCUT2D eigenvalue weighted by Gasteiger charge is -2.05. The van der Waals surface area contributed by atoms with Gasteiger partial charge in [0.2, 0.25) is 0 Å². The average molecular weight is 247 g/mol. The van der Waals surface area contributed by atoms with Crippen LogP contribution in [-0.4, -0.2) is 25.6 Å². The van der Waals surface area contributed by atoms with Gasteiger partial charge in [0.15, 0.2) is 5.13 Å². The molecule has 0 radical (unpaired) electrons. The zero-order valence-electron chi connectivity index (χ0n) is 10.2. The van der Waals surface area contributed by atoms with E-state index < -0.39 is 0 Å². The molecule has 1 heterocycles. The molecule has 0 spiro atoms. The van der Waals surface area contributed by atoms with Gasteiger partial charge < -0.3 is 10.6 Å². The number of hydrogen-bond donors (Lipinski definition) is 1. The number of hydrogen-bond acceptors (Lipinski definition) is 4. The Labute approximate surface area is 106 Å². The van der Waals surface area contributed by atoms with Gasteiger partial charge in [0, 0.05) is 24.5 Å². The lowest BCUT2D eigenvalue weighted by Crippen LogP contribution is -2.07. The molecule has 0 aliphatic heterocycles. The van der Waals surface area contributed by atoms with Gasteiger partial charge in [0.1, 0.15) is 0 Å². The molecule has 90 valence electrons. The van der Waals surface area contributed by atoms with Crippen LogP contribution in [0.15, 0.2) is 30.3 Å². The number of rotatable bonds is 4. The zero-order chi connectivity index (χ0) is 12.3. The van der Waals surface area contributed by atoms with E-state index in [-0.39, 0.29) is 0 Å². The Morgan fingerprint density at radius 1 is 1.24 bits per heavy atom. The van der Waals surface area contributed by atoms with Gasteiger partial charge in [-0.15, -0.1) is 11.3 Å². The van der Waals surface area contributed by atoms with E-state index in [4.69, 9.17) is 5.73 Å². The summed E-state index contributed by atoms with van der Waals surface area (Å²) in [5.41, 5.74) is 7.90. The molecule has 0 unspecified atom stereocenters. The summed E-state index contributed by atoms with van der Waals surface area (Å²) in [5, 5.41) is 1.03. The molecule has 0 aliphatic rings. The molecule has 2 rings (SSSR count). The van der Waals surface area contributed by atoms with Crippen molar-refractivity contribution in [1.82, 2.24) is 4.98 Å². The predicted molar refractivity (Wildman–Crippen MR) is 74.6 cm³/mol. The second-order valence-electron chi connectivity index (χ2n) is 4.07. The molecule has 17 heavy (non-hydrogen) atoms. The normalized spacial score (nSPS) is 10.5. The average Bonchev–Trinajstić information content (AvgIpc) is 2.75. The highest BCUT2D eigenvalue weighted by Gasteiger charge is 2.13. The fourth-order valence-electron chi connectivity index (χ4n) is 1.65. The van der Waals surface area contributed by atoms with Crippen LogP contribution >= 0.6 is 11.3 Å². The Morgan fingerprint density at radius 2 is 1.94 bits per heavy atom. The van der Waals surface area contributed by atoms with Gasteiger partial charge in [-0.3, -0.25) is 0 Å². The van der Waals surface area contributed by atoms with Crippen LogP contribution in [0.1, 0.15) is 4.88 Å². The van der Waals surface area contributed by atoms with E-state index in [1.807, 2.05) is 37.2 Å². The van der Waals surface area contributed by atoms with Crippen LogP contribution < -0.4 is 10.6 Å². The number of benzene rings is 1. The van der Waals surface area contributed by atoms with Gasteiger partial charge in [-0.1, -0.05) is 30.3 Å². The smallest absolute Gasteiger partial charge is 0.185 e. The number of thiazole rings is 1. The number of anilines is 1. The van der Waals surface area contributed by atoms with Crippen LogP contribution in [0, 0.1) is 0 Å². The highest BCUT2D eigenvalue weighted by atomic mass is 32.1. The van der Waals surface area contributed by atoms with Crippen molar-refractivity contribution >= 4 is 16.5 Å². The zero-order valence-corrected chi connectivity index (χ0v) is 11.0. The van der Waals surface area contributed by atoms with Gasteiger partial charge in [-0.05, 0) is 13.0 Å². The van der Waals surface area contributed by atoms with Crippen molar-refractivity contribution in [3.63, 3.8) is 0 Å². The second kappa shape index (κ2) is 5.29. The molecule has 1 aromatic carbocycles. The Bertz CT molecular complexity index is 477. The monoisotopic (exact) mass is 247 g/mol. The second-order valence-corrected chi connectivity index (χ2v) is 5.13. The molecule has 0 bridgehead atoms. The van der Waals surface area contributed by atoms with E-state index in [9.17, 15) is 0 Å². The largest absolute Gasteiger partial charge is 0.354 e. The summed E-state index contributed by atoms with van der Waals surface area (Å²) >= 11 is 1.72. The van der Waals surface area contributed by atoms with Crippen LogP contribution in [0.5, 0.6) is 0 Å². The van der Waals surface area contributed by atoms with E-state index in [1.54, 1.807) is 11.3 Å². The molecule has 1 aromatic heterocycles. The topological polar surface area (TPSA) is 42.2 Å². The Balaban J connectivity index is 2.44. The summed E-state index contributed by atoms with van der Waals surface area (Å²) in [6.07, 6.45) is 0.885. The molecule has 4 heteroatoms. The molecule has 0 amide bonds. The van der Waals surface area contributed by atoms with E-state index in [1.165, 1.54) is 10.4 Å². The molecule has 2 aromatic rings. The van der Waals surface area contributed by atoms with Crippen molar-refractivity contribution in [3.8, 4) is 11.3 Å². The third-order valence-electron chi connectivity index (χ3n) is 2.49. The van der Waals surface area contributed by atoms with Gasteiger partial charge >= 0.3 is 0 Å². The molecule has 0 saturated carbocycles. The summed E-state index contributed by atoms with van der Waals surface area (Å²) in [4.78, 5) is 7.99. The van der Waals surface area contributed by atoms with Gasteiger partial charge in [-0.2, -0.15) is 0 Å². The summed E-state index contributed by atoms with van der Waals surface area (Å²) in [5.74, 6) is 0. The standard InChI is InChI=1S/C13H17N3S/c1-16(2)13-15-12(11(17-13)8-9-14)10-6-4-3-5-7-10/h3-7H,8-9,14H2,1-2H3. The van der Waals surface area contributed by atoms with Crippen molar-refractivity contribution in [2.75, 3.05) is 25.5 Å². The van der Waals surface area contributed by atoms with Crippen molar-refractivity contribution in [2.45, 2.75) is 6.42 Å². The summed E-state index contributed by atoms with van der Waals surface area (Å²) in [6.45, 7) is 0.662. The van der Waals surface area contributed by atoms with Gasteiger partial charge in [-0.25, -0.2) is 4.98 Å². The van der Waals surface area contributed by atoms with Crippen LogP contribution in [0.3, 0.4) is 0 Å². The van der Waals surface area contributed by atoms with Gasteiger partial charge in [0.05, 0.1) is 5.69 Å². The Morgan fingerprint density at radius 3 is 2.53 bits per heavy atom.